The fourth-order valence-electron chi connectivity index (χ4n) is 8.28. The van der Waals surface area contributed by atoms with Crippen molar-refractivity contribution in [3.8, 4) is 57.5 Å². The molecule has 0 aliphatic heterocycles. The molecule has 5 aromatic carbocycles. The number of phenolic OH excluding ortho intramolecular Hbond substituents is 1. The highest BCUT2D eigenvalue weighted by Crippen LogP contribution is 2.42. The molecule has 0 amide bonds. The second-order valence-corrected chi connectivity index (χ2v) is 15.6. The molecule has 348 valence electrons. The number of unbranched alkanes of at least 4 members (excludes halogenated alkanes) is 5. The molecule has 10 bridgehead atoms. The van der Waals surface area contributed by atoms with Gasteiger partial charge in [-0.3, -0.25) is 0 Å². The van der Waals surface area contributed by atoms with Crippen LogP contribution in [0.4, 0.5) is 0 Å². The van der Waals surface area contributed by atoms with Gasteiger partial charge >= 0.3 is 0 Å². The lowest BCUT2D eigenvalue weighted by Crippen LogP contribution is -2.04. The average Bonchev–Trinajstić information content (AvgIpc) is 3.30. The van der Waals surface area contributed by atoms with Gasteiger partial charge in [-0.05, 0) is 73.6 Å². The number of ether oxygens (including phenoxy) is 9. The quantitative estimate of drug-likeness (QED) is 0.0947. The minimum absolute atomic E-state index is 0. The molecule has 15 rings (SSSR count). The fourth-order valence-corrected chi connectivity index (χ4v) is 8.28. The van der Waals surface area contributed by atoms with E-state index in [0.29, 0.717) is 89.4 Å². The largest absolute Gasteiger partial charge is 0.508 e. The highest BCUT2D eigenvalue weighted by Gasteiger charge is 2.23. The summed E-state index contributed by atoms with van der Waals surface area (Å²) in [5.41, 5.74) is 14.0. The molecule has 64 heavy (non-hydrogen) atoms. The predicted molar refractivity (Wildman–Crippen MR) is 253 cm³/mol. The molecule has 12 nitrogen and oxygen atoms in total. The molecule has 10 aliphatic rings. The Hall–Kier alpha value is -5.98. The van der Waals surface area contributed by atoms with Crippen LogP contribution in [-0.4, -0.2) is 81.1 Å². The number of aromatic hydroxyl groups is 1. The molecule has 5 N–H and O–H groups in total. The third-order valence-electron chi connectivity index (χ3n) is 11.7. The SMILES string of the molecule is CCCCCCCCN.COc1cc2c(OC)cc1Cc1cc(OC)c(cc1O)Cc1cc(OC)c(cc1OC)Cc1cc(OC)c(cc1OC)Cc1cc(OC)c(cc1OC)C2.O. The minimum atomic E-state index is 0. The lowest BCUT2D eigenvalue weighted by Gasteiger charge is -2.20. The maximum atomic E-state index is 11.4. The second kappa shape index (κ2) is 24.8. The Balaban J connectivity index is 0.000000810. The van der Waals surface area contributed by atoms with E-state index in [9.17, 15) is 5.11 Å². The zero-order valence-electron chi connectivity index (χ0n) is 39.5. The van der Waals surface area contributed by atoms with E-state index in [1.54, 1.807) is 70.1 Å². The fraction of sp³-hybridized carbons (Fsp3) is 0.423. The molecule has 0 aromatic heterocycles. The summed E-state index contributed by atoms with van der Waals surface area (Å²) in [6.45, 7) is 3.11. The number of methoxy groups -OCH3 is 9. The van der Waals surface area contributed by atoms with Gasteiger partial charge in [0.1, 0.15) is 57.5 Å². The van der Waals surface area contributed by atoms with Gasteiger partial charge in [0.05, 0.1) is 64.0 Å². The summed E-state index contributed by atoms with van der Waals surface area (Å²) in [6.07, 6.45) is 10.3. The number of phenols is 1. The van der Waals surface area contributed by atoms with Crippen molar-refractivity contribution in [3.63, 3.8) is 0 Å². The van der Waals surface area contributed by atoms with E-state index < -0.39 is 0 Å². The Bertz CT molecular complexity index is 2280. The monoisotopic (exact) mass is 883 g/mol. The molecule has 0 saturated carbocycles. The first-order valence-corrected chi connectivity index (χ1v) is 21.7. The summed E-state index contributed by atoms with van der Waals surface area (Å²) in [4.78, 5) is 0. The molecular weight excluding hydrogens is 815 g/mol. The first-order valence-electron chi connectivity index (χ1n) is 21.7. The zero-order chi connectivity index (χ0) is 45.5. The van der Waals surface area contributed by atoms with Crippen molar-refractivity contribution in [2.75, 3.05) is 70.5 Å². The van der Waals surface area contributed by atoms with Crippen LogP contribution in [-0.2, 0) is 32.1 Å². The Morgan fingerprint density at radius 3 is 0.781 bits per heavy atom. The molecule has 12 heteroatoms. The predicted octanol–water partition coefficient (Wildman–Crippen LogP) is 9.22. The molecule has 0 spiro atoms. The van der Waals surface area contributed by atoms with Crippen LogP contribution >= 0.6 is 0 Å². The number of nitrogens with two attached hydrogens (primary N) is 1. The van der Waals surface area contributed by atoms with E-state index in [1.807, 2.05) is 54.6 Å². The van der Waals surface area contributed by atoms with Gasteiger partial charge in [0.2, 0.25) is 0 Å². The number of hydrogen-bond acceptors (Lipinski definition) is 11. The molecule has 0 saturated heterocycles. The van der Waals surface area contributed by atoms with Crippen molar-refractivity contribution in [1.82, 2.24) is 0 Å². The highest BCUT2D eigenvalue weighted by molar-refractivity contribution is 5.59. The van der Waals surface area contributed by atoms with Crippen LogP contribution in [0.2, 0.25) is 0 Å². The summed E-state index contributed by atoms with van der Waals surface area (Å²) in [5.74, 6) is 6.25. The maximum Gasteiger partial charge on any atom is 0.122 e. The van der Waals surface area contributed by atoms with Crippen molar-refractivity contribution in [1.29, 1.82) is 0 Å². The Morgan fingerprint density at radius 1 is 0.344 bits per heavy atom. The molecule has 5 aromatic rings. The van der Waals surface area contributed by atoms with E-state index in [0.717, 1.165) is 56.6 Å². The van der Waals surface area contributed by atoms with Gasteiger partial charge < -0.3 is 58.9 Å². The van der Waals surface area contributed by atoms with Crippen LogP contribution in [0.15, 0.2) is 60.7 Å². The lowest BCUT2D eigenvalue weighted by atomic mass is 9.94. The molecule has 0 atom stereocenters. The smallest absolute Gasteiger partial charge is 0.122 e. The Morgan fingerprint density at radius 2 is 0.547 bits per heavy atom. The van der Waals surface area contributed by atoms with E-state index in [4.69, 9.17) is 48.4 Å². The molecular formula is C52H69NO11. The Labute approximate surface area is 379 Å². The van der Waals surface area contributed by atoms with Gasteiger partial charge in [0, 0.05) is 87.7 Å². The number of hydrogen-bond donors (Lipinski definition) is 2. The van der Waals surface area contributed by atoms with Crippen LogP contribution < -0.4 is 48.4 Å². The van der Waals surface area contributed by atoms with Crippen molar-refractivity contribution in [2.24, 2.45) is 5.73 Å². The van der Waals surface area contributed by atoms with Gasteiger partial charge in [-0.1, -0.05) is 39.0 Å². The van der Waals surface area contributed by atoms with Gasteiger partial charge in [0.15, 0.2) is 0 Å². The van der Waals surface area contributed by atoms with Crippen LogP contribution in [0.1, 0.15) is 101 Å². The van der Waals surface area contributed by atoms with Crippen molar-refractivity contribution >= 4 is 0 Å². The summed E-state index contributed by atoms with van der Waals surface area (Å²) in [5, 5.41) is 11.4. The summed E-state index contributed by atoms with van der Waals surface area (Å²) >= 11 is 0. The number of rotatable bonds is 15. The van der Waals surface area contributed by atoms with E-state index in [1.165, 1.54) is 38.5 Å². The van der Waals surface area contributed by atoms with Gasteiger partial charge in [-0.25, -0.2) is 0 Å². The third-order valence-corrected chi connectivity index (χ3v) is 11.7. The normalized spacial score (nSPS) is 11.7. The first-order chi connectivity index (χ1) is 30.6. The third kappa shape index (κ3) is 12.2. The average molecular weight is 884 g/mol. The first kappa shape index (κ1) is 50.7. The van der Waals surface area contributed by atoms with Crippen LogP contribution in [0.3, 0.4) is 0 Å². The standard InChI is InChI=1S/C44H48O10.C8H19N.H2O/c1-46-36-16-25-10-27-17-38(48-3)29(19-37(27)47-2)12-31-21-42(52-7)33(23-41(31)51-6)14-34-24-43(53-8)32(22-44(34)54-9)13-30-20-39(49-4)28(18-40(30)50-5)11-26(36)15-35(25)45;1-2-3-4-5-6-7-8-9;/h15-24,45H,10-14H2,1-9H3;2-9H2,1H3;1H2. The molecule has 10 aliphatic carbocycles. The van der Waals surface area contributed by atoms with Crippen LogP contribution in [0.5, 0.6) is 57.5 Å². The summed E-state index contributed by atoms with van der Waals surface area (Å²) < 4.78 is 53.4. The van der Waals surface area contributed by atoms with E-state index in [-0.39, 0.29) is 11.2 Å². The van der Waals surface area contributed by atoms with Gasteiger partial charge in [-0.2, -0.15) is 0 Å². The van der Waals surface area contributed by atoms with Crippen LogP contribution in [0, 0.1) is 0 Å². The molecule has 0 fully saturated rings. The topological polar surface area (TPSA) is 161 Å². The molecule has 0 heterocycles. The second-order valence-electron chi connectivity index (χ2n) is 15.6. The van der Waals surface area contributed by atoms with Gasteiger partial charge in [-0.15, -0.1) is 0 Å². The van der Waals surface area contributed by atoms with Crippen LogP contribution in [0.25, 0.3) is 0 Å². The molecule has 0 unspecified atom stereocenters. The highest BCUT2D eigenvalue weighted by atomic mass is 16.5. The minimum Gasteiger partial charge on any atom is -0.508 e. The summed E-state index contributed by atoms with van der Waals surface area (Å²) in [7, 11) is 14.8. The summed E-state index contributed by atoms with van der Waals surface area (Å²) in [6, 6.07) is 19.5. The van der Waals surface area contributed by atoms with Gasteiger partial charge in [0.25, 0.3) is 0 Å². The Kier molecular flexibility index (Phi) is 19.6. The lowest BCUT2D eigenvalue weighted by molar-refractivity contribution is 0.389. The van der Waals surface area contributed by atoms with Crippen molar-refractivity contribution in [2.45, 2.75) is 77.6 Å². The van der Waals surface area contributed by atoms with E-state index in [2.05, 4.69) is 6.92 Å². The van der Waals surface area contributed by atoms with Crippen molar-refractivity contribution in [3.05, 3.63) is 116 Å². The zero-order valence-corrected chi connectivity index (χ0v) is 39.5. The van der Waals surface area contributed by atoms with E-state index >= 15 is 0 Å². The maximum absolute atomic E-state index is 11.4. The van der Waals surface area contributed by atoms with Crippen molar-refractivity contribution < 1.29 is 53.2 Å². The molecule has 0 radical (unpaired) electrons. The number of benzene rings is 5.